The Morgan fingerprint density at radius 3 is 2.52 bits per heavy atom. The van der Waals surface area contributed by atoms with Crippen molar-refractivity contribution in [2.45, 2.75) is 44.3 Å². The van der Waals surface area contributed by atoms with Crippen LogP contribution in [-0.2, 0) is 24.8 Å². The topological polar surface area (TPSA) is 67.7 Å². The third-order valence-corrected chi connectivity index (χ3v) is 7.30. The second kappa shape index (κ2) is 7.25. The highest BCUT2D eigenvalue weighted by Crippen LogP contribution is 2.37. The number of piperidine rings is 1. The summed E-state index contributed by atoms with van der Waals surface area (Å²) in [7, 11) is 1.92. The number of ether oxygens (including phenoxy) is 1. The number of carbonyl (C=O) groups excluding carboxylic acids is 2. The van der Waals surface area contributed by atoms with Crippen molar-refractivity contribution in [2.75, 3.05) is 26.2 Å². The molecule has 0 aromatic carbocycles. The van der Waals surface area contributed by atoms with Gasteiger partial charge in [0.05, 0.1) is 17.8 Å². The number of aryl methyl sites for hydroxylation is 1. The van der Waals surface area contributed by atoms with Crippen LogP contribution in [0.15, 0.2) is 16.8 Å². The van der Waals surface area contributed by atoms with Crippen molar-refractivity contribution in [1.29, 1.82) is 0 Å². The van der Waals surface area contributed by atoms with Crippen LogP contribution in [0, 0.1) is 0 Å². The van der Waals surface area contributed by atoms with E-state index in [1.54, 1.807) is 11.3 Å². The van der Waals surface area contributed by atoms with E-state index in [0.29, 0.717) is 25.4 Å². The maximum Gasteiger partial charge on any atom is 0.274 e. The van der Waals surface area contributed by atoms with Gasteiger partial charge in [0, 0.05) is 56.3 Å². The molecule has 2 aromatic rings. The molecule has 29 heavy (non-hydrogen) atoms. The Labute approximate surface area is 174 Å². The Kier molecular flexibility index (Phi) is 4.70. The molecule has 0 saturated carbocycles. The predicted octanol–water partition coefficient (Wildman–Crippen LogP) is 2.47. The molecule has 2 amide bonds. The highest BCUT2D eigenvalue weighted by molar-refractivity contribution is 7.08. The zero-order chi connectivity index (χ0) is 20.0. The normalized spacial score (nSPS) is 20.9. The van der Waals surface area contributed by atoms with Crippen molar-refractivity contribution in [2.24, 2.45) is 7.05 Å². The van der Waals surface area contributed by atoms with E-state index in [2.05, 4.69) is 5.10 Å². The fourth-order valence-electron chi connectivity index (χ4n) is 4.81. The highest BCUT2D eigenvalue weighted by Gasteiger charge is 2.43. The summed E-state index contributed by atoms with van der Waals surface area (Å²) in [4.78, 5) is 29.3. The van der Waals surface area contributed by atoms with E-state index in [1.165, 1.54) is 0 Å². The molecule has 0 atom stereocenters. The van der Waals surface area contributed by atoms with Gasteiger partial charge < -0.3 is 14.5 Å². The van der Waals surface area contributed by atoms with Gasteiger partial charge in [0.2, 0.25) is 0 Å². The summed E-state index contributed by atoms with van der Waals surface area (Å²) in [5, 5.41) is 8.42. The van der Waals surface area contributed by atoms with Crippen LogP contribution in [0.25, 0.3) is 0 Å². The number of likely N-dealkylation sites (tertiary alicyclic amines) is 2. The van der Waals surface area contributed by atoms with Crippen molar-refractivity contribution >= 4 is 23.2 Å². The van der Waals surface area contributed by atoms with Crippen molar-refractivity contribution in [1.82, 2.24) is 19.6 Å². The second-order valence-electron chi connectivity index (χ2n) is 8.35. The summed E-state index contributed by atoms with van der Waals surface area (Å²) in [5.74, 6) is 0.145. The molecule has 3 aliphatic heterocycles. The number of fused-ring (bicyclic) bond motifs is 1. The molecule has 1 spiro atoms. The Hall–Kier alpha value is -2.19. The van der Waals surface area contributed by atoms with E-state index in [-0.39, 0.29) is 17.4 Å². The molecular formula is C21H26N4O3S. The third-order valence-electron chi connectivity index (χ3n) is 6.61. The van der Waals surface area contributed by atoms with Crippen LogP contribution in [0.4, 0.5) is 0 Å². The third kappa shape index (κ3) is 3.28. The van der Waals surface area contributed by atoms with Gasteiger partial charge in [-0.1, -0.05) is 0 Å². The lowest BCUT2D eigenvalue weighted by molar-refractivity contribution is -0.0990. The minimum atomic E-state index is -0.264. The molecule has 154 valence electrons. The summed E-state index contributed by atoms with van der Waals surface area (Å²) in [6.45, 7) is 3.46. The Morgan fingerprint density at radius 2 is 1.83 bits per heavy atom. The zero-order valence-electron chi connectivity index (χ0n) is 16.7. The number of carbonyl (C=O) groups is 2. The lowest BCUT2D eigenvalue weighted by Crippen LogP contribution is -2.50. The first-order chi connectivity index (χ1) is 14.1. The van der Waals surface area contributed by atoms with E-state index in [9.17, 15) is 9.59 Å². The number of aromatic nitrogens is 2. The van der Waals surface area contributed by atoms with E-state index in [4.69, 9.17) is 4.74 Å². The summed E-state index contributed by atoms with van der Waals surface area (Å²) >= 11 is 1.55. The van der Waals surface area contributed by atoms with Crippen LogP contribution >= 0.6 is 11.3 Å². The van der Waals surface area contributed by atoms with Gasteiger partial charge in [-0.3, -0.25) is 14.3 Å². The van der Waals surface area contributed by atoms with Gasteiger partial charge in [0.15, 0.2) is 5.69 Å². The Bertz CT molecular complexity index is 922. The van der Waals surface area contributed by atoms with Gasteiger partial charge in [-0.25, -0.2) is 0 Å². The number of thiophene rings is 1. The molecule has 0 radical (unpaired) electrons. The number of nitrogens with zero attached hydrogens (tertiary/aromatic N) is 4. The average molecular weight is 415 g/mol. The SMILES string of the molecule is Cn1nc(C(=O)N2CCCC2)c2c1CC1(CCN(C(=O)c3ccsc3)CC1)OC2. The predicted molar refractivity (Wildman–Crippen MR) is 109 cm³/mol. The molecule has 0 unspecified atom stereocenters. The van der Waals surface area contributed by atoms with Gasteiger partial charge >= 0.3 is 0 Å². The first-order valence-electron chi connectivity index (χ1n) is 10.4. The zero-order valence-corrected chi connectivity index (χ0v) is 17.5. The molecule has 0 N–H and O–H groups in total. The van der Waals surface area contributed by atoms with Crippen molar-refractivity contribution in [3.8, 4) is 0 Å². The molecule has 0 aliphatic carbocycles. The van der Waals surface area contributed by atoms with Crippen LogP contribution in [0.2, 0.25) is 0 Å². The molecular weight excluding hydrogens is 388 g/mol. The number of amides is 2. The molecule has 2 saturated heterocycles. The van der Waals surface area contributed by atoms with Crippen LogP contribution in [-0.4, -0.2) is 63.2 Å². The van der Waals surface area contributed by atoms with Crippen LogP contribution in [0.5, 0.6) is 0 Å². The summed E-state index contributed by atoms with van der Waals surface area (Å²) in [6, 6.07) is 1.88. The first-order valence-corrected chi connectivity index (χ1v) is 11.3. The Balaban J connectivity index is 1.30. The molecule has 2 aromatic heterocycles. The molecule has 0 bridgehead atoms. The first kappa shape index (κ1) is 18.8. The minimum Gasteiger partial charge on any atom is -0.370 e. The van der Waals surface area contributed by atoms with Gasteiger partial charge in [-0.15, -0.1) is 0 Å². The summed E-state index contributed by atoms with van der Waals surface area (Å²) in [5.41, 5.74) is 3.13. The highest BCUT2D eigenvalue weighted by atomic mass is 32.1. The van der Waals surface area contributed by atoms with Gasteiger partial charge in [0.25, 0.3) is 11.8 Å². The average Bonchev–Trinajstić information content (AvgIpc) is 3.50. The van der Waals surface area contributed by atoms with Crippen LogP contribution in [0.3, 0.4) is 0 Å². The minimum absolute atomic E-state index is 0.0371. The van der Waals surface area contributed by atoms with Gasteiger partial charge in [-0.05, 0) is 37.1 Å². The molecule has 5 rings (SSSR count). The number of hydrogen-bond donors (Lipinski definition) is 0. The molecule has 2 fully saturated rings. The van der Waals surface area contributed by atoms with E-state index in [0.717, 1.165) is 62.0 Å². The van der Waals surface area contributed by atoms with E-state index < -0.39 is 0 Å². The molecule has 7 nitrogen and oxygen atoms in total. The fraction of sp³-hybridized carbons (Fsp3) is 0.571. The largest absolute Gasteiger partial charge is 0.370 e. The maximum atomic E-state index is 12.9. The summed E-state index contributed by atoms with van der Waals surface area (Å²) in [6.07, 6.45) is 4.51. The van der Waals surface area contributed by atoms with Crippen LogP contribution in [0.1, 0.15) is 57.8 Å². The van der Waals surface area contributed by atoms with Gasteiger partial charge in [-0.2, -0.15) is 16.4 Å². The van der Waals surface area contributed by atoms with Gasteiger partial charge in [0.1, 0.15) is 0 Å². The second-order valence-corrected chi connectivity index (χ2v) is 9.13. The van der Waals surface area contributed by atoms with Crippen molar-refractivity contribution in [3.63, 3.8) is 0 Å². The van der Waals surface area contributed by atoms with Crippen molar-refractivity contribution < 1.29 is 14.3 Å². The maximum absolute atomic E-state index is 12.9. The van der Waals surface area contributed by atoms with E-state index >= 15 is 0 Å². The standard InChI is InChI=1S/C21H26N4O3S/c1-23-17-12-21(5-9-25(10-6-21)19(26)15-4-11-29-14-15)28-13-16(17)18(22-23)20(27)24-7-2-3-8-24/h4,11,14H,2-3,5-10,12-13H2,1H3. The number of hydrogen-bond acceptors (Lipinski definition) is 5. The molecule has 3 aliphatic rings. The Morgan fingerprint density at radius 1 is 1.10 bits per heavy atom. The van der Waals surface area contributed by atoms with Crippen LogP contribution < -0.4 is 0 Å². The lowest BCUT2D eigenvalue weighted by Gasteiger charge is -2.43. The smallest absolute Gasteiger partial charge is 0.274 e. The van der Waals surface area contributed by atoms with Crippen molar-refractivity contribution in [3.05, 3.63) is 39.3 Å². The monoisotopic (exact) mass is 414 g/mol. The van der Waals surface area contributed by atoms with E-state index in [1.807, 2.05) is 38.4 Å². The fourth-order valence-corrected chi connectivity index (χ4v) is 5.44. The number of rotatable bonds is 2. The summed E-state index contributed by atoms with van der Waals surface area (Å²) < 4.78 is 8.23. The molecule has 5 heterocycles. The lowest BCUT2D eigenvalue weighted by atomic mass is 9.83. The molecule has 8 heteroatoms. The quantitative estimate of drug-likeness (QED) is 0.757.